The van der Waals surface area contributed by atoms with E-state index in [4.69, 9.17) is 10.2 Å². The minimum absolute atomic E-state index is 0.497. The predicted molar refractivity (Wildman–Crippen MR) is 32.0 cm³/mol. The second-order valence-electron chi connectivity index (χ2n) is 1.37. The number of carboxylic acid groups (broad SMARTS) is 1. The SMILES string of the molecule is O=C(O)/C=C/C(=O)NCO. The molecule has 0 spiro atoms. The second-order valence-corrected chi connectivity index (χ2v) is 1.37. The molecule has 0 rings (SSSR count). The van der Waals surface area contributed by atoms with Crippen molar-refractivity contribution in [1.29, 1.82) is 0 Å². The summed E-state index contributed by atoms with van der Waals surface area (Å²) in [5.41, 5.74) is 0. The van der Waals surface area contributed by atoms with E-state index in [1.54, 1.807) is 0 Å². The Morgan fingerprint density at radius 3 is 2.40 bits per heavy atom. The number of aliphatic hydroxyl groups is 1. The summed E-state index contributed by atoms with van der Waals surface area (Å²) in [6, 6.07) is 0. The van der Waals surface area contributed by atoms with Crippen LogP contribution < -0.4 is 5.32 Å². The first-order valence-corrected chi connectivity index (χ1v) is 2.46. The minimum atomic E-state index is -1.20. The molecule has 0 aliphatic rings. The summed E-state index contributed by atoms with van der Waals surface area (Å²) < 4.78 is 0. The molecule has 10 heavy (non-hydrogen) atoms. The third-order valence-corrected chi connectivity index (χ3v) is 0.631. The zero-order valence-electron chi connectivity index (χ0n) is 5.07. The highest BCUT2D eigenvalue weighted by Gasteiger charge is 1.92. The summed E-state index contributed by atoms with van der Waals surface area (Å²) in [4.78, 5) is 20.1. The fourth-order valence-electron chi connectivity index (χ4n) is 0.284. The Balaban J connectivity index is 3.67. The Bertz CT molecular complexity index is 163. The van der Waals surface area contributed by atoms with E-state index in [-0.39, 0.29) is 0 Å². The van der Waals surface area contributed by atoms with Gasteiger partial charge in [0, 0.05) is 12.2 Å². The highest BCUT2D eigenvalue weighted by Crippen LogP contribution is 1.72. The van der Waals surface area contributed by atoms with E-state index < -0.39 is 18.6 Å². The molecule has 0 aromatic rings. The fraction of sp³-hybridized carbons (Fsp3) is 0.200. The molecule has 3 N–H and O–H groups in total. The Kier molecular flexibility index (Phi) is 3.90. The maximum absolute atomic E-state index is 10.3. The van der Waals surface area contributed by atoms with Gasteiger partial charge in [-0.15, -0.1) is 0 Å². The number of aliphatic hydroxyl groups excluding tert-OH is 1. The molecule has 0 heterocycles. The number of rotatable bonds is 3. The molecule has 1 amide bonds. The lowest BCUT2D eigenvalue weighted by Crippen LogP contribution is -2.21. The zero-order valence-corrected chi connectivity index (χ0v) is 5.07. The Morgan fingerprint density at radius 2 is 2.00 bits per heavy atom. The van der Waals surface area contributed by atoms with Gasteiger partial charge in [0.2, 0.25) is 5.91 Å². The summed E-state index contributed by atoms with van der Waals surface area (Å²) in [5.74, 6) is -1.84. The molecule has 56 valence electrons. The summed E-state index contributed by atoms with van der Waals surface area (Å²) in [6.07, 6.45) is 1.50. The van der Waals surface area contributed by atoms with E-state index in [1.807, 2.05) is 5.32 Å². The molecule has 0 fully saturated rings. The van der Waals surface area contributed by atoms with Crippen molar-refractivity contribution in [3.63, 3.8) is 0 Å². The largest absolute Gasteiger partial charge is 0.478 e. The number of carbonyl (C=O) groups excluding carboxylic acids is 1. The van der Waals surface area contributed by atoms with E-state index in [0.29, 0.717) is 6.08 Å². The van der Waals surface area contributed by atoms with Crippen LogP contribution in [0.2, 0.25) is 0 Å². The van der Waals surface area contributed by atoms with E-state index in [1.165, 1.54) is 0 Å². The number of nitrogens with one attached hydrogen (secondary N) is 1. The topological polar surface area (TPSA) is 86.6 Å². The van der Waals surface area contributed by atoms with E-state index in [2.05, 4.69) is 0 Å². The van der Waals surface area contributed by atoms with E-state index in [9.17, 15) is 9.59 Å². The van der Waals surface area contributed by atoms with Crippen LogP contribution in [0.1, 0.15) is 0 Å². The van der Waals surface area contributed by atoms with E-state index in [0.717, 1.165) is 6.08 Å². The van der Waals surface area contributed by atoms with Gasteiger partial charge < -0.3 is 15.5 Å². The van der Waals surface area contributed by atoms with Crippen molar-refractivity contribution in [3.8, 4) is 0 Å². The van der Waals surface area contributed by atoms with Gasteiger partial charge in [0.1, 0.15) is 6.73 Å². The maximum atomic E-state index is 10.3. The van der Waals surface area contributed by atoms with Gasteiger partial charge in [-0.25, -0.2) is 4.79 Å². The summed E-state index contributed by atoms with van der Waals surface area (Å²) >= 11 is 0. The van der Waals surface area contributed by atoms with Gasteiger partial charge in [0.15, 0.2) is 0 Å². The third-order valence-electron chi connectivity index (χ3n) is 0.631. The molecule has 0 atom stereocenters. The number of hydrogen-bond acceptors (Lipinski definition) is 3. The lowest BCUT2D eigenvalue weighted by Gasteiger charge is -1.91. The highest BCUT2D eigenvalue weighted by molar-refractivity contribution is 5.93. The zero-order chi connectivity index (χ0) is 7.98. The monoisotopic (exact) mass is 145 g/mol. The molecule has 5 nitrogen and oxygen atoms in total. The van der Waals surface area contributed by atoms with Crippen LogP contribution in [0.15, 0.2) is 12.2 Å². The second kappa shape index (κ2) is 4.51. The number of aliphatic carboxylic acids is 1. The molecular formula is C5H7NO4. The van der Waals surface area contributed by atoms with Crippen molar-refractivity contribution >= 4 is 11.9 Å². The van der Waals surface area contributed by atoms with Crippen molar-refractivity contribution in [2.45, 2.75) is 0 Å². The van der Waals surface area contributed by atoms with E-state index >= 15 is 0 Å². The molecule has 0 aliphatic carbocycles. The van der Waals surface area contributed by atoms with Crippen LogP contribution in [0.25, 0.3) is 0 Å². The van der Waals surface area contributed by atoms with Crippen LogP contribution in [-0.2, 0) is 9.59 Å². The molecule has 0 saturated carbocycles. The summed E-state index contributed by atoms with van der Waals surface area (Å²) in [6.45, 7) is -0.497. The van der Waals surface area contributed by atoms with Crippen molar-refractivity contribution in [2.24, 2.45) is 0 Å². The van der Waals surface area contributed by atoms with Crippen LogP contribution in [0.3, 0.4) is 0 Å². The van der Waals surface area contributed by atoms with Gasteiger partial charge in [-0.2, -0.15) is 0 Å². The number of hydrogen-bond donors (Lipinski definition) is 3. The highest BCUT2D eigenvalue weighted by atomic mass is 16.4. The molecule has 0 radical (unpaired) electrons. The van der Waals surface area contributed by atoms with Crippen LogP contribution >= 0.6 is 0 Å². The number of amides is 1. The molecule has 0 bridgehead atoms. The first kappa shape index (κ1) is 8.64. The first-order valence-electron chi connectivity index (χ1n) is 2.46. The fourth-order valence-corrected chi connectivity index (χ4v) is 0.284. The van der Waals surface area contributed by atoms with Gasteiger partial charge in [0.25, 0.3) is 0 Å². The van der Waals surface area contributed by atoms with Gasteiger partial charge in [-0.3, -0.25) is 4.79 Å². The lowest BCUT2D eigenvalue weighted by atomic mass is 10.5. The lowest BCUT2D eigenvalue weighted by molar-refractivity contribution is -0.131. The van der Waals surface area contributed by atoms with Crippen molar-refractivity contribution in [1.82, 2.24) is 5.32 Å². The van der Waals surface area contributed by atoms with Crippen molar-refractivity contribution in [2.75, 3.05) is 6.73 Å². The molecule has 5 heteroatoms. The molecule has 0 saturated heterocycles. The van der Waals surface area contributed by atoms with Crippen molar-refractivity contribution in [3.05, 3.63) is 12.2 Å². The smallest absolute Gasteiger partial charge is 0.328 e. The average molecular weight is 145 g/mol. The normalized spacial score (nSPS) is 9.70. The Labute approximate surface area is 57.0 Å². The molecule has 0 aliphatic heterocycles. The Hall–Kier alpha value is -1.36. The predicted octanol–water partition coefficient (Wildman–Crippen LogP) is -1.31. The van der Waals surface area contributed by atoms with Crippen LogP contribution in [0.5, 0.6) is 0 Å². The minimum Gasteiger partial charge on any atom is -0.478 e. The van der Waals surface area contributed by atoms with Crippen LogP contribution in [0.4, 0.5) is 0 Å². The van der Waals surface area contributed by atoms with Gasteiger partial charge in [0.05, 0.1) is 0 Å². The van der Waals surface area contributed by atoms with Gasteiger partial charge in [-0.05, 0) is 0 Å². The van der Waals surface area contributed by atoms with Gasteiger partial charge in [-0.1, -0.05) is 0 Å². The quantitative estimate of drug-likeness (QED) is 0.340. The number of carboxylic acids is 1. The summed E-state index contributed by atoms with van der Waals surface area (Å²) in [7, 11) is 0. The average Bonchev–Trinajstić information content (AvgIpc) is 1.85. The van der Waals surface area contributed by atoms with Crippen LogP contribution in [-0.4, -0.2) is 28.8 Å². The molecular weight excluding hydrogens is 138 g/mol. The standard InChI is InChI=1S/C5H7NO4/c7-3-6-4(8)1-2-5(9)10/h1-2,7H,3H2,(H,6,8)(H,9,10)/b2-1+. The van der Waals surface area contributed by atoms with Gasteiger partial charge >= 0.3 is 5.97 Å². The van der Waals surface area contributed by atoms with Crippen LogP contribution in [0, 0.1) is 0 Å². The molecule has 0 unspecified atom stereocenters. The summed E-state index contributed by atoms with van der Waals surface area (Å²) in [5, 5.41) is 18.1. The third kappa shape index (κ3) is 4.79. The maximum Gasteiger partial charge on any atom is 0.328 e. The molecule has 0 aromatic heterocycles. The number of carbonyl (C=O) groups is 2. The Morgan fingerprint density at radius 1 is 1.40 bits per heavy atom. The van der Waals surface area contributed by atoms with Crippen molar-refractivity contribution < 1.29 is 19.8 Å². The first-order chi connectivity index (χ1) is 4.66. The molecule has 0 aromatic carbocycles.